The van der Waals surface area contributed by atoms with Crippen molar-refractivity contribution in [3.63, 3.8) is 0 Å². The fourth-order valence-electron chi connectivity index (χ4n) is 12.4. The summed E-state index contributed by atoms with van der Waals surface area (Å²) in [7, 11) is 0. The van der Waals surface area contributed by atoms with Crippen LogP contribution in [-0.4, -0.2) is 19.5 Å². The molecule has 0 radical (unpaired) electrons. The van der Waals surface area contributed by atoms with E-state index in [1.165, 1.54) is 44.2 Å². The largest absolute Gasteiger partial charge is 0.456 e. The zero-order chi connectivity index (χ0) is 50.8. The molecule has 5 heteroatoms. The van der Waals surface area contributed by atoms with Crippen molar-refractivity contribution >= 4 is 49.3 Å². The van der Waals surface area contributed by atoms with E-state index in [1.807, 2.05) is 30.3 Å². The van der Waals surface area contributed by atoms with E-state index >= 15 is 0 Å². The van der Waals surface area contributed by atoms with Crippen LogP contribution in [0.25, 0.3) is 123 Å². The number of aryl methyl sites for hydroxylation is 1. The van der Waals surface area contributed by atoms with E-state index in [0.717, 1.165) is 109 Å². The van der Waals surface area contributed by atoms with Gasteiger partial charge in [-0.15, -0.1) is 0 Å². The van der Waals surface area contributed by atoms with Crippen molar-refractivity contribution in [2.24, 2.45) is 0 Å². The molecule has 0 N–H and O–H groups in total. The maximum Gasteiger partial charge on any atom is 0.164 e. The molecule has 0 bridgehead atoms. The standard InChI is InChI=1S/C72H50N4O/c1-3-18-46(19-4-1)55-38-36-53(45-67(55)76-65-31-14-11-28-60(65)61-29-12-15-32-66(61)76)72-74-70(48-21-5-2-6-22-48)73-71(75-72)52-24-17-23-51(42-52)63-43-49(50-37-41-69-64(44-50)62-30-13-16-33-68(62)77-69)35-40-59(63)58-39-34-47-20-7-8-25-54(47)56-26-9-10-27-57(56)58/h1-9,11-26,28-33,35-38,40-45,58H,10,27,34,39H2. The molecule has 15 rings (SSSR count). The molecule has 0 spiro atoms. The van der Waals surface area contributed by atoms with E-state index in [1.54, 1.807) is 0 Å². The second kappa shape index (κ2) is 18.6. The predicted octanol–water partition coefficient (Wildman–Crippen LogP) is 18.7. The molecule has 364 valence electrons. The van der Waals surface area contributed by atoms with E-state index < -0.39 is 0 Å². The minimum Gasteiger partial charge on any atom is -0.456 e. The lowest BCUT2D eigenvalue weighted by molar-refractivity contribution is 0.669. The summed E-state index contributed by atoms with van der Waals surface area (Å²) in [5.41, 5.74) is 21.8. The van der Waals surface area contributed by atoms with Gasteiger partial charge in [0.15, 0.2) is 17.5 Å². The summed E-state index contributed by atoms with van der Waals surface area (Å²) in [4.78, 5) is 16.1. The van der Waals surface area contributed by atoms with Crippen LogP contribution in [0.15, 0.2) is 259 Å². The van der Waals surface area contributed by atoms with Gasteiger partial charge in [-0.25, -0.2) is 15.0 Å². The molecule has 77 heavy (non-hydrogen) atoms. The Morgan fingerprint density at radius 3 is 1.78 bits per heavy atom. The van der Waals surface area contributed by atoms with E-state index in [4.69, 9.17) is 19.4 Å². The fourth-order valence-corrected chi connectivity index (χ4v) is 12.4. The van der Waals surface area contributed by atoms with Gasteiger partial charge in [0.25, 0.3) is 0 Å². The first-order chi connectivity index (χ1) is 38.2. The molecule has 0 saturated carbocycles. The number of allylic oxidation sites excluding steroid dienone is 4. The Bertz CT molecular complexity index is 4470. The molecule has 10 aromatic carbocycles. The maximum atomic E-state index is 6.30. The number of nitrogens with zero attached hydrogens (tertiary/aromatic N) is 4. The monoisotopic (exact) mass is 986 g/mol. The molecular formula is C72H50N4O. The minimum absolute atomic E-state index is 0.228. The Kier molecular flexibility index (Phi) is 10.8. The van der Waals surface area contributed by atoms with Gasteiger partial charge in [0.05, 0.1) is 16.7 Å². The van der Waals surface area contributed by atoms with Crippen LogP contribution in [0.3, 0.4) is 0 Å². The van der Waals surface area contributed by atoms with E-state index in [9.17, 15) is 0 Å². The van der Waals surface area contributed by atoms with Gasteiger partial charge >= 0.3 is 0 Å². The molecule has 13 aromatic rings. The molecule has 1 unspecified atom stereocenters. The molecule has 3 heterocycles. The summed E-state index contributed by atoms with van der Waals surface area (Å²) >= 11 is 0. The molecule has 0 aliphatic heterocycles. The van der Waals surface area contributed by atoms with Crippen LogP contribution in [0.1, 0.15) is 41.9 Å². The molecule has 0 saturated heterocycles. The summed E-state index contributed by atoms with van der Waals surface area (Å²) in [6.45, 7) is 0. The van der Waals surface area contributed by atoms with Crippen LogP contribution < -0.4 is 0 Å². The number of hydrogen-bond acceptors (Lipinski definition) is 4. The molecule has 0 fully saturated rings. The van der Waals surface area contributed by atoms with Gasteiger partial charge in [-0.3, -0.25) is 0 Å². The minimum atomic E-state index is 0.228. The first-order valence-corrected chi connectivity index (χ1v) is 26.8. The van der Waals surface area contributed by atoms with Gasteiger partial charge in [-0.05, 0) is 124 Å². The van der Waals surface area contributed by atoms with Crippen LogP contribution in [0.5, 0.6) is 0 Å². The third-order valence-corrected chi connectivity index (χ3v) is 16.0. The highest BCUT2D eigenvalue weighted by Gasteiger charge is 2.29. The van der Waals surface area contributed by atoms with Crippen LogP contribution in [0.2, 0.25) is 0 Å². The van der Waals surface area contributed by atoms with Gasteiger partial charge < -0.3 is 8.98 Å². The van der Waals surface area contributed by atoms with Gasteiger partial charge in [0, 0.05) is 49.7 Å². The molecule has 2 aliphatic carbocycles. The summed E-state index contributed by atoms with van der Waals surface area (Å²) in [6.07, 6.45) is 8.86. The van der Waals surface area contributed by atoms with Gasteiger partial charge in [0.2, 0.25) is 0 Å². The van der Waals surface area contributed by atoms with Crippen molar-refractivity contribution in [2.75, 3.05) is 0 Å². The normalized spacial score (nSPS) is 14.3. The molecular weight excluding hydrogens is 937 g/mol. The van der Waals surface area contributed by atoms with Crippen LogP contribution >= 0.6 is 0 Å². The molecule has 3 aromatic heterocycles. The van der Waals surface area contributed by atoms with Crippen molar-refractivity contribution in [1.29, 1.82) is 0 Å². The first kappa shape index (κ1) is 44.7. The van der Waals surface area contributed by atoms with Gasteiger partial charge in [-0.2, -0.15) is 0 Å². The first-order valence-electron chi connectivity index (χ1n) is 26.8. The molecule has 1 atom stereocenters. The number of furan rings is 1. The van der Waals surface area contributed by atoms with Gasteiger partial charge in [0.1, 0.15) is 11.2 Å². The lowest BCUT2D eigenvalue weighted by Gasteiger charge is -2.26. The Hall–Kier alpha value is -9.71. The van der Waals surface area contributed by atoms with Crippen molar-refractivity contribution in [2.45, 2.75) is 31.6 Å². The van der Waals surface area contributed by atoms with Crippen LogP contribution in [0.4, 0.5) is 0 Å². The van der Waals surface area contributed by atoms with Crippen LogP contribution in [-0.2, 0) is 6.42 Å². The highest BCUT2D eigenvalue weighted by molar-refractivity contribution is 6.10. The van der Waals surface area contributed by atoms with Crippen LogP contribution in [0, 0.1) is 0 Å². The number of benzene rings is 10. The maximum absolute atomic E-state index is 6.30. The second-order valence-electron chi connectivity index (χ2n) is 20.5. The average Bonchev–Trinajstić information content (AvgIpc) is 4.09. The SMILES string of the molecule is C1=CC2=C(CC1)C(c1ccc(-c3ccc4oc5ccccc5c4c3)cc1-c1cccc(-c3nc(-c4ccccc4)nc(-c4ccc(-c5ccccc5)c(-n5c6ccccc6c6ccccc65)c4)n3)c1)CCc1ccccc12. The van der Waals surface area contributed by atoms with Gasteiger partial charge in [-0.1, -0.05) is 206 Å². The van der Waals surface area contributed by atoms with Crippen molar-refractivity contribution in [3.8, 4) is 73.2 Å². The molecule has 2 aliphatic rings. The second-order valence-corrected chi connectivity index (χ2v) is 20.5. The van der Waals surface area contributed by atoms with Crippen molar-refractivity contribution in [1.82, 2.24) is 19.5 Å². The number of para-hydroxylation sites is 3. The number of hydrogen-bond donors (Lipinski definition) is 0. The lowest BCUT2D eigenvalue weighted by atomic mass is 9.78. The summed E-state index contributed by atoms with van der Waals surface area (Å²) in [5.74, 6) is 2.07. The Morgan fingerprint density at radius 1 is 0.390 bits per heavy atom. The van der Waals surface area contributed by atoms with E-state index in [2.05, 4.69) is 223 Å². The third kappa shape index (κ3) is 7.81. The fraction of sp³-hybridized carbons (Fsp3) is 0.0694. The predicted molar refractivity (Wildman–Crippen MR) is 317 cm³/mol. The van der Waals surface area contributed by atoms with Crippen molar-refractivity contribution in [3.05, 3.63) is 271 Å². The number of rotatable bonds is 8. The third-order valence-electron chi connectivity index (χ3n) is 16.0. The van der Waals surface area contributed by atoms with Crippen molar-refractivity contribution < 1.29 is 4.42 Å². The Balaban J connectivity index is 0.913. The summed E-state index contributed by atoms with van der Waals surface area (Å²) < 4.78 is 8.70. The van der Waals surface area contributed by atoms with E-state index in [0.29, 0.717) is 17.5 Å². The Labute approximate surface area is 446 Å². The topological polar surface area (TPSA) is 56.7 Å². The molecule has 5 nitrogen and oxygen atoms in total. The average molecular weight is 987 g/mol. The summed E-state index contributed by atoms with van der Waals surface area (Å²) in [6, 6.07) is 85.0. The quantitative estimate of drug-likeness (QED) is 0.152. The highest BCUT2D eigenvalue weighted by atomic mass is 16.3. The zero-order valence-corrected chi connectivity index (χ0v) is 42.3. The number of fused-ring (bicyclic) bond motifs is 8. The number of aromatic nitrogens is 4. The zero-order valence-electron chi connectivity index (χ0n) is 42.3. The van der Waals surface area contributed by atoms with E-state index in [-0.39, 0.29) is 5.92 Å². The Morgan fingerprint density at radius 2 is 0.987 bits per heavy atom. The highest BCUT2D eigenvalue weighted by Crippen LogP contribution is 2.48. The lowest BCUT2D eigenvalue weighted by Crippen LogP contribution is -2.08. The molecule has 0 amide bonds. The summed E-state index contributed by atoms with van der Waals surface area (Å²) in [5, 5.41) is 4.66. The smallest absolute Gasteiger partial charge is 0.164 e.